The molecule has 0 amide bonds. The lowest BCUT2D eigenvalue weighted by atomic mass is 10.2. The average molecular weight is 340 g/mol. The molecule has 0 aromatic heterocycles. The van der Waals surface area contributed by atoms with Crippen LogP contribution in [0.4, 0.5) is 8.78 Å². The Kier molecular flexibility index (Phi) is 4.59. The second-order valence-electron chi connectivity index (χ2n) is 4.24. The normalized spacial score (nSPS) is 12.0. The minimum Gasteiger partial charge on any atom is -0.218 e. The molecule has 0 radical (unpaired) electrons. The Bertz CT molecular complexity index is 885. The van der Waals surface area contributed by atoms with Crippen LogP contribution in [0.3, 0.4) is 0 Å². The largest absolute Gasteiger partial charge is 0.218 e. The zero-order valence-corrected chi connectivity index (χ0v) is 12.5. The molecular formula is C15H8ClF2NO2S. The van der Waals surface area contributed by atoms with E-state index in [1.165, 1.54) is 30.3 Å². The summed E-state index contributed by atoms with van der Waals surface area (Å²) in [6, 6.07) is 9.36. The molecule has 0 saturated heterocycles. The van der Waals surface area contributed by atoms with Crippen molar-refractivity contribution in [1.82, 2.24) is 0 Å². The van der Waals surface area contributed by atoms with Gasteiger partial charge in [-0.1, -0.05) is 11.6 Å². The molecule has 0 unspecified atom stereocenters. The zero-order valence-electron chi connectivity index (χ0n) is 10.9. The highest BCUT2D eigenvalue weighted by Gasteiger charge is 2.21. The molecule has 0 aliphatic heterocycles. The number of hydrogen-bond acceptors (Lipinski definition) is 3. The molecule has 3 nitrogen and oxygen atoms in total. The summed E-state index contributed by atoms with van der Waals surface area (Å²) < 4.78 is 51.1. The maximum atomic E-state index is 13.6. The van der Waals surface area contributed by atoms with Crippen molar-refractivity contribution in [1.29, 1.82) is 5.26 Å². The molecule has 112 valence electrons. The van der Waals surface area contributed by atoms with Gasteiger partial charge in [0.15, 0.2) is 0 Å². The highest BCUT2D eigenvalue weighted by atomic mass is 35.5. The van der Waals surface area contributed by atoms with E-state index in [0.717, 1.165) is 18.2 Å². The molecule has 2 rings (SSSR count). The molecule has 7 heteroatoms. The van der Waals surface area contributed by atoms with Crippen LogP contribution in [-0.4, -0.2) is 8.42 Å². The summed E-state index contributed by atoms with van der Waals surface area (Å²) in [6.45, 7) is 0. The van der Waals surface area contributed by atoms with Gasteiger partial charge < -0.3 is 0 Å². The first-order chi connectivity index (χ1) is 10.3. The number of rotatable bonds is 3. The molecule has 2 aromatic rings. The van der Waals surface area contributed by atoms with Gasteiger partial charge in [-0.2, -0.15) is 5.26 Å². The molecule has 0 atom stereocenters. The second kappa shape index (κ2) is 6.26. The Morgan fingerprint density at radius 1 is 1.14 bits per heavy atom. The highest BCUT2D eigenvalue weighted by Crippen LogP contribution is 2.23. The van der Waals surface area contributed by atoms with Crippen LogP contribution in [0.2, 0.25) is 5.02 Å². The topological polar surface area (TPSA) is 57.9 Å². The maximum absolute atomic E-state index is 13.6. The van der Waals surface area contributed by atoms with E-state index < -0.39 is 26.4 Å². The van der Waals surface area contributed by atoms with Crippen molar-refractivity contribution < 1.29 is 17.2 Å². The number of benzene rings is 2. The standard InChI is InChI=1S/C15H8ClF2NO2S/c16-11-2-5-13(6-3-11)22(20,21)14(9-19)7-10-1-4-12(17)8-15(10)18/h1-8H. The van der Waals surface area contributed by atoms with E-state index in [0.29, 0.717) is 11.1 Å². The molecular weight excluding hydrogens is 332 g/mol. The van der Waals surface area contributed by atoms with Crippen molar-refractivity contribution in [3.8, 4) is 6.07 Å². The Balaban J connectivity index is 2.53. The van der Waals surface area contributed by atoms with Gasteiger partial charge in [0.1, 0.15) is 22.6 Å². The molecule has 0 aliphatic rings. The number of hydrogen-bond donors (Lipinski definition) is 0. The van der Waals surface area contributed by atoms with Gasteiger partial charge in [0.25, 0.3) is 0 Å². The fourth-order valence-electron chi connectivity index (χ4n) is 1.67. The van der Waals surface area contributed by atoms with E-state index in [4.69, 9.17) is 16.9 Å². The van der Waals surface area contributed by atoms with Crippen LogP contribution in [0, 0.1) is 23.0 Å². The number of allylic oxidation sites excluding steroid dienone is 1. The zero-order chi connectivity index (χ0) is 16.3. The summed E-state index contributed by atoms with van der Waals surface area (Å²) in [7, 11) is -4.11. The number of halogens is 3. The van der Waals surface area contributed by atoms with Gasteiger partial charge in [0.2, 0.25) is 9.84 Å². The van der Waals surface area contributed by atoms with E-state index in [1.807, 2.05) is 0 Å². The summed E-state index contributed by atoms with van der Waals surface area (Å²) in [6.07, 6.45) is 0.860. The maximum Gasteiger partial charge on any atom is 0.216 e. The molecule has 22 heavy (non-hydrogen) atoms. The van der Waals surface area contributed by atoms with Crippen LogP contribution >= 0.6 is 11.6 Å². The third-order valence-electron chi connectivity index (χ3n) is 2.77. The lowest BCUT2D eigenvalue weighted by Gasteiger charge is -2.04. The van der Waals surface area contributed by atoms with Crippen LogP contribution in [0.5, 0.6) is 0 Å². The fraction of sp³-hybridized carbons (Fsp3) is 0. The summed E-state index contributed by atoms with van der Waals surface area (Å²) >= 11 is 5.68. The van der Waals surface area contributed by atoms with Gasteiger partial charge in [-0.05, 0) is 42.5 Å². The second-order valence-corrected chi connectivity index (χ2v) is 6.60. The summed E-state index contributed by atoms with van der Waals surface area (Å²) in [5.41, 5.74) is -0.199. The minimum atomic E-state index is -4.11. The molecule has 0 N–H and O–H groups in total. The summed E-state index contributed by atoms with van der Waals surface area (Å²) in [4.78, 5) is -0.799. The molecule has 0 fully saturated rings. The van der Waals surface area contributed by atoms with E-state index >= 15 is 0 Å². The van der Waals surface area contributed by atoms with E-state index in [2.05, 4.69) is 0 Å². The Morgan fingerprint density at radius 3 is 2.32 bits per heavy atom. The van der Waals surface area contributed by atoms with Crippen LogP contribution in [0.1, 0.15) is 5.56 Å². The van der Waals surface area contributed by atoms with Crippen molar-refractivity contribution in [2.75, 3.05) is 0 Å². The molecule has 2 aromatic carbocycles. The predicted octanol–water partition coefficient (Wildman–Crippen LogP) is 3.96. The van der Waals surface area contributed by atoms with Crippen LogP contribution < -0.4 is 0 Å². The van der Waals surface area contributed by atoms with Crippen molar-refractivity contribution >= 4 is 27.5 Å². The Labute approximate surface area is 131 Å². The van der Waals surface area contributed by atoms with Gasteiger partial charge >= 0.3 is 0 Å². The van der Waals surface area contributed by atoms with E-state index in [9.17, 15) is 17.2 Å². The molecule has 0 aliphatic carbocycles. The summed E-state index contributed by atoms with van der Waals surface area (Å²) in [5, 5.41) is 9.40. The lowest BCUT2D eigenvalue weighted by Crippen LogP contribution is -2.03. The first-order valence-corrected chi connectivity index (χ1v) is 7.78. The quantitative estimate of drug-likeness (QED) is 0.795. The fourth-order valence-corrected chi connectivity index (χ4v) is 2.95. The molecule has 0 saturated carbocycles. The van der Waals surface area contributed by atoms with E-state index in [-0.39, 0.29) is 10.5 Å². The molecule has 0 spiro atoms. The van der Waals surface area contributed by atoms with Crippen LogP contribution in [-0.2, 0) is 9.84 Å². The van der Waals surface area contributed by atoms with Crippen molar-refractivity contribution in [2.45, 2.75) is 4.90 Å². The molecule has 0 bridgehead atoms. The van der Waals surface area contributed by atoms with Gasteiger partial charge in [-0.15, -0.1) is 0 Å². The van der Waals surface area contributed by atoms with Crippen molar-refractivity contribution in [3.63, 3.8) is 0 Å². The van der Waals surface area contributed by atoms with Gasteiger partial charge in [-0.3, -0.25) is 0 Å². The van der Waals surface area contributed by atoms with Crippen LogP contribution in [0.15, 0.2) is 52.3 Å². The van der Waals surface area contributed by atoms with Gasteiger partial charge in [0.05, 0.1) is 4.90 Å². The smallest absolute Gasteiger partial charge is 0.216 e. The Morgan fingerprint density at radius 2 is 1.77 bits per heavy atom. The first kappa shape index (κ1) is 16.1. The number of sulfone groups is 1. The first-order valence-electron chi connectivity index (χ1n) is 5.92. The third kappa shape index (κ3) is 3.32. The lowest BCUT2D eigenvalue weighted by molar-refractivity contribution is 0.581. The minimum absolute atomic E-state index is 0.146. The van der Waals surface area contributed by atoms with Gasteiger partial charge in [-0.25, -0.2) is 17.2 Å². The Hall–Kier alpha value is -2.23. The van der Waals surface area contributed by atoms with Crippen molar-refractivity contribution in [2.24, 2.45) is 0 Å². The third-order valence-corrected chi connectivity index (χ3v) is 4.71. The summed E-state index contributed by atoms with van der Waals surface area (Å²) in [5.74, 6) is -1.76. The number of nitriles is 1. The van der Waals surface area contributed by atoms with Crippen LogP contribution in [0.25, 0.3) is 6.08 Å². The highest BCUT2D eigenvalue weighted by molar-refractivity contribution is 7.95. The SMILES string of the molecule is N#CC(=Cc1ccc(F)cc1F)S(=O)(=O)c1ccc(Cl)cc1. The number of nitrogens with zero attached hydrogens (tertiary/aromatic N) is 1. The van der Waals surface area contributed by atoms with Gasteiger partial charge in [0, 0.05) is 16.7 Å². The molecule has 0 heterocycles. The van der Waals surface area contributed by atoms with Crippen molar-refractivity contribution in [3.05, 3.63) is 69.6 Å². The predicted molar refractivity (Wildman–Crippen MR) is 78.6 cm³/mol. The average Bonchev–Trinajstić information content (AvgIpc) is 2.46. The monoisotopic (exact) mass is 339 g/mol. The van der Waals surface area contributed by atoms with E-state index in [1.54, 1.807) is 0 Å².